The number of methoxy groups -OCH3 is 1. The van der Waals surface area contributed by atoms with Crippen molar-refractivity contribution in [2.45, 2.75) is 20.3 Å². The Balaban J connectivity index is 2.61. The van der Waals surface area contributed by atoms with E-state index in [4.69, 9.17) is 10.5 Å². The van der Waals surface area contributed by atoms with E-state index in [1.54, 1.807) is 7.11 Å². The number of benzene rings is 1. The molecule has 0 aliphatic carbocycles. The maximum Gasteiger partial charge on any atom is 0.128 e. The molecule has 2 N–H and O–H groups in total. The molecule has 0 fully saturated rings. The van der Waals surface area contributed by atoms with Gasteiger partial charge in [-0.2, -0.15) is 0 Å². The number of nitrogens with two attached hydrogens (primary N) is 1. The van der Waals surface area contributed by atoms with Gasteiger partial charge in [-0.05, 0) is 43.7 Å². The first-order chi connectivity index (χ1) is 9.08. The predicted octanol–water partition coefficient (Wildman–Crippen LogP) is 2.21. The summed E-state index contributed by atoms with van der Waals surface area (Å²) in [5.41, 5.74) is 11.3. The second kappa shape index (κ2) is 5.45. The lowest BCUT2D eigenvalue weighted by Crippen LogP contribution is -2.07. The van der Waals surface area contributed by atoms with Gasteiger partial charge in [-0.25, -0.2) is 4.98 Å². The molecular weight excluding hydrogens is 238 g/mol. The van der Waals surface area contributed by atoms with E-state index < -0.39 is 0 Å². The van der Waals surface area contributed by atoms with Gasteiger partial charge in [0.2, 0.25) is 0 Å². The highest BCUT2D eigenvalue weighted by atomic mass is 16.5. The van der Waals surface area contributed by atoms with Gasteiger partial charge in [-0.3, -0.25) is 0 Å². The molecule has 0 spiro atoms. The molecule has 4 heteroatoms. The molecule has 1 aromatic carbocycles. The second-order valence-electron chi connectivity index (χ2n) is 4.83. The van der Waals surface area contributed by atoms with Crippen LogP contribution < -0.4 is 10.5 Å². The fourth-order valence-corrected chi connectivity index (χ4v) is 2.26. The Morgan fingerprint density at radius 1 is 1.26 bits per heavy atom. The Hall–Kier alpha value is -1.81. The number of hydrogen-bond donors (Lipinski definition) is 1. The van der Waals surface area contributed by atoms with Crippen LogP contribution in [0.4, 0.5) is 0 Å². The van der Waals surface area contributed by atoms with Gasteiger partial charge in [0.25, 0.3) is 0 Å². The number of nitrogens with zero attached hydrogens (tertiary/aromatic N) is 2. The van der Waals surface area contributed by atoms with E-state index in [1.807, 2.05) is 17.9 Å². The highest BCUT2D eigenvalue weighted by Crippen LogP contribution is 2.33. The standard InChI is InChI=1S/C15H21N3O/c1-10-7-12(14(19-4)8-11(10)2)15-13(5-6-16)18(3)9-17-15/h7-9H,5-6,16H2,1-4H3. The zero-order valence-electron chi connectivity index (χ0n) is 12.0. The molecule has 4 nitrogen and oxygen atoms in total. The Morgan fingerprint density at radius 2 is 1.95 bits per heavy atom. The van der Waals surface area contributed by atoms with E-state index >= 15 is 0 Å². The van der Waals surface area contributed by atoms with Gasteiger partial charge in [0.05, 0.1) is 19.1 Å². The Bertz CT molecular complexity index is 587. The van der Waals surface area contributed by atoms with Gasteiger partial charge >= 0.3 is 0 Å². The summed E-state index contributed by atoms with van der Waals surface area (Å²) in [5, 5.41) is 0. The summed E-state index contributed by atoms with van der Waals surface area (Å²) < 4.78 is 7.52. The minimum atomic E-state index is 0.611. The number of ether oxygens (including phenoxy) is 1. The molecule has 19 heavy (non-hydrogen) atoms. The van der Waals surface area contributed by atoms with Crippen LogP contribution in [0, 0.1) is 13.8 Å². The molecule has 0 aliphatic heterocycles. The summed E-state index contributed by atoms with van der Waals surface area (Å²) >= 11 is 0. The smallest absolute Gasteiger partial charge is 0.128 e. The molecule has 0 aliphatic rings. The molecule has 2 aromatic rings. The van der Waals surface area contributed by atoms with E-state index in [9.17, 15) is 0 Å². The van der Waals surface area contributed by atoms with Crippen LogP contribution in [0.2, 0.25) is 0 Å². The fraction of sp³-hybridized carbons (Fsp3) is 0.400. The third-order valence-corrected chi connectivity index (χ3v) is 3.51. The summed E-state index contributed by atoms with van der Waals surface area (Å²) in [4.78, 5) is 4.51. The van der Waals surface area contributed by atoms with Crippen LogP contribution in [0.25, 0.3) is 11.3 Å². The van der Waals surface area contributed by atoms with Crippen molar-refractivity contribution in [1.29, 1.82) is 0 Å². The molecule has 2 rings (SSSR count). The molecule has 0 saturated heterocycles. The van der Waals surface area contributed by atoms with E-state index in [2.05, 4.69) is 31.0 Å². The Kier molecular flexibility index (Phi) is 3.90. The first-order valence-corrected chi connectivity index (χ1v) is 6.44. The topological polar surface area (TPSA) is 53.1 Å². The number of rotatable bonds is 4. The van der Waals surface area contributed by atoms with Gasteiger partial charge in [0.1, 0.15) is 5.75 Å². The SMILES string of the molecule is COc1cc(C)c(C)cc1-c1ncn(C)c1CCN. The maximum atomic E-state index is 5.69. The van der Waals surface area contributed by atoms with Gasteiger partial charge in [0, 0.05) is 24.7 Å². The zero-order chi connectivity index (χ0) is 14.0. The molecule has 0 atom stereocenters. The zero-order valence-corrected chi connectivity index (χ0v) is 12.0. The van der Waals surface area contributed by atoms with E-state index in [0.717, 1.165) is 29.1 Å². The van der Waals surface area contributed by atoms with Crippen LogP contribution >= 0.6 is 0 Å². The Morgan fingerprint density at radius 3 is 2.58 bits per heavy atom. The predicted molar refractivity (Wildman–Crippen MR) is 77.4 cm³/mol. The van der Waals surface area contributed by atoms with Crippen LogP contribution in [0.3, 0.4) is 0 Å². The lowest BCUT2D eigenvalue weighted by atomic mass is 10.0. The number of hydrogen-bond acceptors (Lipinski definition) is 3. The minimum Gasteiger partial charge on any atom is -0.496 e. The van der Waals surface area contributed by atoms with Crippen molar-refractivity contribution in [1.82, 2.24) is 9.55 Å². The summed E-state index contributed by atoms with van der Waals surface area (Å²) in [5.74, 6) is 0.861. The minimum absolute atomic E-state index is 0.611. The van der Waals surface area contributed by atoms with Crippen molar-refractivity contribution >= 4 is 0 Å². The first-order valence-electron chi connectivity index (χ1n) is 6.44. The van der Waals surface area contributed by atoms with Crippen LogP contribution in [-0.4, -0.2) is 23.2 Å². The van der Waals surface area contributed by atoms with Crippen molar-refractivity contribution in [3.05, 3.63) is 35.3 Å². The van der Waals surface area contributed by atoms with E-state index in [-0.39, 0.29) is 0 Å². The van der Waals surface area contributed by atoms with Crippen molar-refractivity contribution in [2.75, 3.05) is 13.7 Å². The second-order valence-corrected chi connectivity index (χ2v) is 4.83. The van der Waals surface area contributed by atoms with Crippen LogP contribution in [0.15, 0.2) is 18.5 Å². The highest BCUT2D eigenvalue weighted by molar-refractivity contribution is 5.71. The average Bonchev–Trinajstić information content (AvgIpc) is 2.74. The van der Waals surface area contributed by atoms with Gasteiger partial charge in [-0.15, -0.1) is 0 Å². The summed E-state index contributed by atoms with van der Waals surface area (Å²) in [6.07, 6.45) is 2.64. The fourth-order valence-electron chi connectivity index (χ4n) is 2.26. The maximum absolute atomic E-state index is 5.69. The number of aryl methyl sites for hydroxylation is 3. The van der Waals surface area contributed by atoms with Crippen molar-refractivity contribution in [3.63, 3.8) is 0 Å². The van der Waals surface area contributed by atoms with E-state index in [0.29, 0.717) is 6.54 Å². The monoisotopic (exact) mass is 259 g/mol. The summed E-state index contributed by atoms with van der Waals surface area (Å²) in [7, 11) is 3.69. The van der Waals surface area contributed by atoms with Crippen molar-refractivity contribution in [2.24, 2.45) is 12.8 Å². The summed E-state index contributed by atoms with van der Waals surface area (Å²) in [6.45, 7) is 4.80. The van der Waals surface area contributed by atoms with Gasteiger partial charge in [0.15, 0.2) is 0 Å². The van der Waals surface area contributed by atoms with Crippen molar-refractivity contribution in [3.8, 4) is 17.0 Å². The summed E-state index contributed by atoms with van der Waals surface area (Å²) in [6, 6.07) is 4.20. The largest absolute Gasteiger partial charge is 0.496 e. The molecule has 0 unspecified atom stereocenters. The molecule has 1 aromatic heterocycles. The molecule has 0 bridgehead atoms. The molecule has 0 radical (unpaired) electrons. The molecule has 0 amide bonds. The normalized spacial score (nSPS) is 10.8. The number of imidazole rings is 1. The number of aromatic nitrogens is 2. The van der Waals surface area contributed by atoms with Crippen LogP contribution in [-0.2, 0) is 13.5 Å². The lowest BCUT2D eigenvalue weighted by Gasteiger charge is -2.12. The molecule has 102 valence electrons. The van der Waals surface area contributed by atoms with Gasteiger partial charge < -0.3 is 15.0 Å². The molecule has 1 heterocycles. The third-order valence-electron chi connectivity index (χ3n) is 3.51. The van der Waals surface area contributed by atoms with E-state index in [1.165, 1.54) is 11.1 Å². The first kappa shape index (κ1) is 13.6. The highest BCUT2D eigenvalue weighted by Gasteiger charge is 2.15. The Labute approximate surface area is 114 Å². The third kappa shape index (κ3) is 2.49. The average molecular weight is 259 g/mol. The van der Waals surface area contributed by atoms with Crippen molar-refractivity contribution < 1.29 is 4.74 Å². The van der Waals surface area contributed by atoms with Crippen LogP contribution in [0.5, 0.6) is 5.75 Å². The molecular formula is C15H21N3O. The van der Waals surface area contributed by atoms with Crippen LogP contribution in [0.1, 0.15) is 16.8 Å². The quantitative estimate of drug-likeness (QED) is 0.916. The van der Waals surface area contributed by atoms with Gasteiger partial charge in [-0.1, -0.05) is 0 Å². The lowest BCUT2D eigenvalue weighted by molar-refractivity contribution is 0.416. The molecule has 0 saturated carbocycles.